The molecule has 1 aliphatic heterocycles. The Kier molecular flexibility index (Phi) is 2.87. The van der Waals surface area contributed by atoms with E-state index in [1.165, 1.54) is 5.56 Å². The Labute approximate surface area is 113 Å². The van der Waals surface area contributed by atoms with Crippen LogP contribution in [0.15, 0.2) is 22.6 Å². The number of nitrogens with zero attached hydrogens (tertiary/aromatic N) is 1. The SMILES string of the molecule is CN1CCc2cccc3oc(C(=O)OBr)c(c23)C1. The number of furan rings is 1. The van der Waals surface area contributed by atoms with Crippen LogP contribution in [-0.2, 0) is 16.8 Å². The molecular weight excluding hydrogens is 298 g/mol. The maximum absolute atomic E-state index is 11.7. The van der Waals surface area contributed by atoms with E-state index in [1.807, 2.05) is 19.2 Å². The average molecular weight is 310 g/mol. The number of rotatable bonds is 1. The van der Waals surface area contributed by atoms with Crippen molar-refractivity contribution in [1.82, 2.24) is 4.90 Å². The van der Waals surface area contributed by atoms with E-state index in [0.29, 0.717) is 12.3 Å². The van der Waals surface area contributed by atoms with Crippen LogP contribution < -0.4 is 0 Å². The lowest BCUT2D eigenvalue weighted by Gasteiger charge is -2.12. The quantitative estimate of drug-likeness (QED) is 0.812. The second kappa shape index (κ2) is 4.40. The van der Waals surface area contributed by atoms with E-state index in [1.54, 1.807) is 0 Å². The number of hydrogen-bond donors (Lipinski definition) is 0. The fourth-order valence-corrected chi connectivity index (χ4v) is 2.66. The number of benzene rings is 1. The largest absolute Gasteiger partial charge is 0.449 e. The molecule has 1 aromatic carbocycles. The van der Waals surface area contributed by atoms with E-state index in [9.17, 15) is 4.79 Å². The summed E-state index contributed by atoms with van der Waals surface area (Å²) in [5.41, 5.74) is 2.90. The average Bonchev–Trinajstić information content (AvgIpc) is 2.65. The van der Waals surface area contributed by atoms with Crippen LogP contribution in [0, 0.1) is 0 Å². The summed E-state index contributed by atoms with van der Waals surface area (Å²) in [5, 5.41) is 1.06. The summed E-state index contributed by atoms with van der Waals surface area (Å²) >= 11 is 2.72. The highest BCUT2D eigenvalue weighted by Crippen LogP contribution is 2.32. The Morgan fingerprint density at radius 1 is 1.50 bits per heavy atom. The zero-order valence-electron chi connectivity index (χ0n) is 9.90. The molecule has 0 atom stereocenters. The summed E-state index contributed by atoms with van der Waals surface area (Å²) in [6, 6.07) is 5.93. The van der Waals surface area contributed by atoms with Crippen LogP contribution in [0.5, 0.6) is 0 Å². The second-order valence-corrected chi connectivity index (χ2v) is 4.88. The third kappa shape index (κ3) is 1.74. The van der Waals surface area contributed by atoms with Gasteiger partial charge in [-0.2, -0.15) is 0 Å². The molecule has 0 aliphatic carbocycles. The molecule has 0 saturated heterocycles. The minimum Gasteiger partial charge on any atom is -0.449 e. The predicted molar refractivity (Wildman–Crippen MR) is 70.6 cm³/mol. The highest BCUT2D eigenvalue weighted by Gasteiger charge is 2.26. The first kappa shape index (κ1) is 11.7. The van der Waals surface area contributed by atoms with Gasteiger partial charge in [0.2, 0.25) is 5.76 Å². The maximum atomic E-state index is 11.7. The van der Waals surface area contributed by atoms with Gasteiger partial charge in [-0.1, -0.05) is 12.1 Å². The van der Waals surface area contributed by atoms with Gasteiger partial charge in [-0.15, -0.1) is 0 Å². The van der Waals surface area contributed by atoms with Gasteiger partial charge in [0.05, 0.1) is 0 Å². The van der Waals surface area contributed by atoms with Crippen molar-refractivity contribution in [3.63, 3.8) is 0 Å². The lowest BCUT2D eigenvalue weighted by molar-refractivity contribution is 0.0749. The molecule has 0 fully saturated rings. The molecular formula is C13H12BrNO3. The van der Waals surface area contributed by atoms with Crippen LogP contribution in [0.25, 0.3) is 11.0 Å². The fourth-order valence-electron chi connectivity index (χ4n) is 2.51. The monoisotopic (exact) mass is 309 g/mol. The summed E-state index contributed by atoms with van der Waals surface area (Å²) in [7, 11) is 2.04. The highest BCUT2D eigenvalue weighted by atomic mass is 79.9. The summed E-state index contributed by atoms with van der Waals surface area (Å²) in [4.78, 5) is 13.9. The molecule has 1 aromatic heterocycles. The Balaban J connectivity index is 2.29. The van der Waals surface area contributed by atoms with Gasteiger partial charge in [0.1, 0.15) is 5.58 Å². The molecule has 2 heterocycles. The molecule has 3 rings (SSSR count). The van der Waals surface area contributed by atoms with Crippen molar-refractivity contribution in [1.29, 1.82) is 0 Å². The molecule has 0 amide bonds. The molecule has 1 aliphatic rings. The fraction of sp³-hybridized carbons (Fsp3) is 0.308. The van der Waals surface area contributed by atoms with Crippen LogP contribution >= 0.6 is 16.3 Å². The van der Waals surface area contributed by atoms with E-state index in [2.05, 4.69) is 31.1 Å². The third-order valence-corrected chi connectivity index (χ3v) is 3.64. The minimum atomic E-state index is -0.484. The van der Waals surface area contributed by atoms with Crippen LogP contribution in [0.2, 0.25) is 0 Å². The summed E-state index contributed by atoms with van der Waals surface area (Å²) in [6.07, 6.45) is 0.961. The van der Waals surface area contributed by atoms with Crippen molar-refractivity contribution in [2.24, 2.45) is 0 Å². The molecule has 0 N–H and O–H groups in total. The molecule has 2 aromatic rings. The van der Waals surface area contributed by atoms with Gasteiger partial charge in [-0.25, -0.2) is 4.79 Å². The molecule has 94 valence electrons. The lowest BCUT2D eigenvalue weighted by atomic mass is 10.0. The smallest absolute Gasteiger partial charge is 0.386 e. The van der Waals surface area contributed by atoms with Gasteiger partial charge >= 0.3 is 5.97 Å². The van der Waals surface area contributed by atoms with Gasteiger partial charge < -0.3 is 13.1 Å². The zero-order valence-corrected chi connectivity index (χ0v) is 11.5. The van der Waals surface area contributed by atoms with Crippen molar-refractivity contribution in [3.05, 3.63) is 35.1 Å². The van der Waals surface area contributed by atoms with E-state index >= 15 is 0 Å². The molecule has 0 bridgehead atoms. The normalized spacial score (nSPS) is 15.7. The van der Waals surface area contributed by atoms with Gasteiger partial charge in [-0.3, -0.25) is 0 Å². The first-order chi connectivity index (χ1) is 8.70. The van der Waals surface area contributed by atoms with Gasteiger partial charge in [0.15, 0.2) is 16.3 Å². The van der Waals surface area contributed by atoms with Crippen molar-refractivity contribution in [2.75, 3.05) is 13.6 Å². The predicted octanol–water partition coefficient (Wildman–Crippen LogP) is 2.89. The molecule has 4 nitrogen and oxygen atoms in total. The number of carbonyl (C=O) groups excluding carboxylic acids is 1. The number of likely N-dealkylation sites (N-methyl/N-ethyl adjacent to an activating group) is 1. The van der Waals surface area contributed by atoms with E-state index in [4.69, 9.17) is 4.42 Å². The molecule has 18 heavy (non-hydrogen) atoms. The second-order valence-electron chi connectivity index (χ2n) is 4.55. The van der Waals surface area contributed by atoms with Crippen molar-refractivity contribution in [3.8, 4) is 0 Å². The van der Waals surface area contributed by atoms with Crippen LogP contribution in [-0.4, -0.2) is 24.5 Å². The van der Waals surface area contributed by atoms with Crippen molar-refractivity contribution in [2.45, 2.75) is 13.0 Å². The van der Waals surface area contributed by atoms with E-state index in [0.717, 1.165) is 29.5 Å². The highest BCUT2D eigenvalue weighted by molar-refractivity contribution is 9.06. The van der Waals surface area contributed by atoms with Crippen molar-refractivity contribution >= 4 is 33.2 Å². The first-order valence-electron chi connectivity index (χ1n) is 5.75. The van der Waals surface area contributed by atoms with E-state index < -0.39 is 5.97 Å². The topological polar surface area (TPSA) is 42.7 Å². The zero-order chi connectivity index (χ0) is 12.7. The molecule has 0 radical (unpaired) electrons. The van der Waals surface area contributed by atoms with Gasteiger partial charge in [0, 0.05) is 24.0 Å². The summed E-state index contributed by atoms with van der Waals surface area (Å²) in [5.74, 6) is -0.189. The van der Waals surface area contributed by atoms with E-state index in [-0.39, 0.29) is 0 Å². The maximum Gasteiger partial charge on any atom is 0.386 e. The Morgan fingerprint density at radius 3 is 3.11 bits per heavy atom. The molecule has 0 spiro atoms. The van der Waals surface area contributed by atoms with Gasteiger partial charge in [-0.05, 0) is 25.1 Å². The number of carbonyl (C=O) groups is 1. The Morgan fingerprint density at radius 2 is 2.33 bits per heavy atom. The molecule has 0 unspecified atom stereocenters. The van der Waals surface area contributed by atoms with Crippen LogP contribution in [0.1, 0.15) is 21.7 Å². The minimum absolute atomic E-state index is 0.295. The summed E-state index contributed by atoms with van der Waals surface area (Å²) in [6.45, 7) is 1.66. The first-order valence-corrected chi connectivity index (χ1v) is 6.40. The van der Waals surface area contributed by atoms with Crippen LogP contribution in [0.4, 0.5) is 0 Å². The van der Waals surface area contributed by atoms with Crippen molar-refractivity contribution < 1.29 is 13.0 Å². The summed E-state index contributed by atoms with van der Waals surface area (Å²) < 4.78 is 10.2. The number of halogens is 1. The molecule has 0 saturated carbocycles. The lowest BCUT2D eigenvalue weighted by Crippen LogP contribution is -2.19. The standard InChI is InChI=1S/C13H12BrNO3/c1-15-6-5-8-3-2-4-10-11(8)9(7-15)12(17-10)13(16)18-14/h2-4H,5-7H2,1H3. The number of hydrogen-bond acceptors (Lipinski definition) is 4. The van der Waals surface area contributed by atoms with Crippen LogP contribution in [0.3, 0.4) is 0 Å². The Bertz CT molecular complexity index is 620. The third-order valence-electron chi connectivity index (χ3n) is 3.35. The molecule has 5 heteroatoms. The van der Waals surface area contributed by atoms with Gasteiger partial charge in [0.25, 0.3) is 0 Å². The Hall–Kier alpha value is -1.33.